The van der Waals surface area contributed by atoms with E-state index < -0.39 is 0 Å². The zero-order valence-corrected chi connectivity index (χ0v) is 22.0. The Hall–Kier alpha value is -3.86. The van der Waals surface area contributed by atoms with Gasteiger partial charge < -0.3 is 9.30 Å². The third kappa shape index (κ3) is 5.93. The van der Waals surface area contributed by atoms with Crippen molar-refractivity contribution in [1.82, 2.24) is 14.5 Å². The molecule has 37 heavy (non-hydrogen) atoms. The summed E-state index contributed by atoms with van der Waals surface area (Å²) in [6.45, 7) is 2.79. The Morgan fingerprint density at radius 3 is 2.30 bits per heavy atom. The van der Waals surface area contributed by atoms with Gasteiger partial charge in [-0.05, 0) is 54.0 Å². The fourth-order valence-electron chi connectivity index (χ4n) is 4.04. The number of halogens is 2. The van der Waals surface area contributed by atoms with Gasteiger partial charge in [-0.3, -0.25) is 0 Å². The third-order valence-corrected chi connectivity index (χ3v) is 6.65. The van der Waals surface area contributed by atoms with Crippen molar-refractivity contribution in [2.45, 2.75) is 13.5 Å². The lowest BCUT2D eigenvalue weighted by Crippen LogP contribution is -2.00. The van der Waals surface area contributed by atoms with Crippen LogP contribution in [0.2, 0.25) is 10.0 Å². The molecular formula is C31H25Cl2N3O. The maximum atomic E-state index is 6.50. The predicted molar refractivity (Wildman–Crippen MR) is 153 cm³/mol. The number of ether oxygens (including phenoxy) is 1. The lowest BCUT2D eigenvalue weighted by atomic mass is 10.1. The molecule has 0 saturated carbocycles. The quantitative estimate of drug-likeness (QED) is 0.214. The number of hydrogen-bond donors (Lipinski definition) is 0. The highest BCUT2D eigenvalue weighted by Gasteiger charge is 2.12. The van der Waals surface area contributed by atoms with Gasteiger partial charge in [0, 0.05) is 41.2 Å². The standard InChI is InChI=1S/C31H25Cl2N3O/c1-21-3-5-23(6-4-21)19-36-20-29(27-14-13-26(32)17-28(27)33)35-30(36)15-9-22-7-10-24(11-8-22)25-12-16-31(37-2)34-18-25/h3-18,20H,19H2,1-2H3/b15-9+. The van der Waals surface area contributed by atoms with Crippen molar-refractivity contribution in [2.75, 3.05) is 7.11 Å². The average Bonchev–Trinajstić information content (AvgIpc) is 3.31. The molecule has 0 amide bonds. The summed E-state index contributed by atoms with van der Waals surface area (Å²) in [5.74, 6) is 1.44. The molecule has 0 bridgehead atoms. The predicted octanol–water partition coefficient (Wildman–Crippen LogP) is 8.45. The van der Waals surface area contributed by atoms with E-state index in [1.807, 2.05) is 42.7 Å². The largest absolute Gasteiger partial charge is 0.481 e. The Morgan fingerprint density at radius 1 is 0.865 bits per heavy atom. The van der Waals surface area contributed by atoms with Crippen LogP contribution in [0.15, 0.2) is 91.3 Å². The summed E-state index contributed by atoms with van der Waals surface area (Å²) in [7, 11) is 1.61. The summed E-state index contributed by atoms with van der Waals surface area (Å²) in [6, 6.07) is 26.2. The number of nitrogens with zero attached hydrogens (tertiary/aromatic N) is 3. The molecule has 2 aromatic heterocycles. The van der Waals surface area contributed by atoms with Crippen molar-refractivity contribution >= 4 is 35.4 Å². The molecule has 0 aliphatic carbocycles. The summed E-state index contributed by atoms with van der Waals surface area (Å²) >= 11 is 12.6. The molecule has 2 heterocycles. The van der Waals surface area contributed by atoms with Gasteiger partial charge in [-0.25, -0.2) is 9.97 Å². The summed E-state index contributed by atoms with van der Waals surface area (Å²) in [5.41, 5.74) is 7.28. The molecule has 4 nitrogen and oxygen atoms in total. The van der Waals surface area contributed by atoms with Crippen molar-refractivity contribution in [3.8, 4) is 28.3 Å². The van der Waals surface area contributed by atoms with Crippen LogP contribution in [-0.2, 0) is 6.54 Å². The number of rotatable bonds is 7. The first-order valence-corrected chi connectivity index (χ1v) is 12.6. The van der Waals surface area contributed by atoms with Gasteiger partial charge >= 0.3 is 0 Å². The highest BCUT2D eigenvalue weighted by atomic mass is 35.5. The molecule has 0 aliphatic rings. The fraction of sp³-hybridized carbons (Fsp3) is 0.0968. The summed E-state index contributed by atoms with van der Waals surface area (Å²) in [4.78, 5) is 9.20. The van der Waals surface area contributed by atoms with E-state index in [1.165, 1.54) is 11.1 Å². The van der Waals surface area contributed by atoms with Gasteiger partial charge in [0.2, 0.25) is 5.88 Å². The van der Waals surface area contributed by atoms with Crippen LogP contribution < -0.4 is 4.74 Å². The maximum Gasteiger partial charge on any atom is 0.212 e. The molecule has 0 unspecified atom stereocenters. The van der Waals surface area contributed by atoms with Crippen molar-refractivity contribution in [3.05, 3.63) is 124 Å². The summed E-state index contributed by atoms with van der Waals surface area (Å²) in [6.07, 6.45) is 7.95. The SMILES string of the molecule is COc1ccc(-c2ccc(/C=C/c3nc(-c4ccc(Cl)cc4Cl)cn3Cc3ccc(C)cc3)cc2)cn1. The molecule has 5 aromatic rings. The number of imidazole rings is 1. The average molecular weight is 526 g/mol. The zero-order valence-electron chi connectivity index (χ0n) is 20.5. The van der Waals surface area contributed by atoms with E-state index in [9.17, 15) is 0 Å². The van der Waals surface area contributed by atoms with Crippen LogP contribution in [0.25, 0.3) is 34.5 Å². The normalized spacial score (nSPS) is 11.2. The van der Waals surface area contributed by atoms with Gasteiger partial charge in [0.15, 0.2) is 0 Å². The van der Waals surface area contributed by atoms with E-state index in [0.717, 1.165) is 33.8 Å². The molecule has 184 valence electrons. The van der Waals surface area contributed by atoms with E-state index in [1.54, 1.807) is 13.2 Å². The Bertz CT molecular complexity index is 1540. The van der Waals surface area contributed by atoms with Crippen LogP contribution in [0.4, 0.5) is 0 Å². The molecule has 0 N–H and O–H groups in total. The third-order valence-electron chi connectivity index (χ3n) is 6.10. The van der Waals surface area contributed by atoms with E-state index in [4.69, 9.17) is 32.9 Å². The molecule has 0 saturated heterocycles. The van der Waals surface area contributed by atoms with Gasteiger partial charge in [0.05, 0.1) is 17.8 Å². The first kappa shape index (κ1) is 24.8. The van der Waals surface area contributed by atoms with Crippen LogP contribution in [0.1, 0.15) is 22.5 Å². The van der Waals surface area contributed by atoms with E-state index in [2.05, 4.69) is 71.1 Å². The first-order valence-electron chi connectivity index (χ1n) is 11.9. The molecule has 0 radical (unpaired) electrons. The molecule has 5 rings (SSSR count). The second kappa shape index (κ2) is 11.0. The number of hydrogen-bond acceptors (Lipinski definition) is 3. The summed E-state index contributed by atoms with van der Waals surface area (Å²) in [5, 5.41) is 1.17. The number of methoxy groups -OCH3 is 1. The van der Waals surface area contributed by atoms with Gasteiger partial charge in [-0.2, -0.15) is 0 Å². The second-order valence-electron chi connectivity index (χ2n) is 8.77. The topological polar surface area (TPSA) is 39.9 Å². The number of aryl methyl sites for hydroxylation is 1. The summed E-state index contributed by atoms with van der Waals surface area (Å²) < 4.78 is 7.29. The lowest BCUT2D eigenvalue weighted by Gasteiger charge is -2.06. The number of pyridine rings is 1. The van der Waals surface area contributed by atoms with E-state index in [0.29, 0.717) is 22.5 Å². The molecule has 0 atom stereocenters. The van der Waals surface area contributed by atoms with Crippen LogP contribution in [0, 0.1) is 6.92 Å². The highest BCUT2D eigenvalue weighted by molar-refractivity contribution is 6.36. The van der Waals surface area contributed by atoms with E-state index >= 15 is 0 Å². The number of benzene rings is 3. The Kier molecular flexibility index (Phi) is 7.40. The Morgan fingerprint density at radius 2 is 1.62 bits per heavy atom. The lowest BCUT2D eigenvalue weighted by molar-refractivity contribution is 0.398. The van der Waals surface area contributed by atoms with Crippen molar-refractivity contribution in [2.24, 2.45) is 0 Å². The molecule has 3 aromatic carbocycles. The highest BCUT2D eigenvalue weighted by Crippen LogP contribution is 2.30. The maximum absolute atomic E-state index is 6.50. The van der Waals surface area contributed by atoms with Crippen molar-refractivity contribution in [3.63, 3.8) is 0 Å². The van der Waals surface area contributed by atoms with Crippen LogP contribution in [0.3, 0.4) is 0 Å². The molecule has 0 spiro atoms. The zero-order chi connectivity index (χ0) is 25.8. The van der Waals surface area contributed by atoms with Gasteiger partial charge in [-0.15, -0.1) is 0 Å². The molecule has 0 fully saturated rings. The van der Waals surface area contributed by atoms with Gasteiger partial charge in [0.25, 0.3) is 0 Å². The van der Waals surface area contributed by atoms with Gasteiger partial charge in [-0.1, -0.05) is 83.4 Å². The Balaban J connectivity index is 1.44. The van der Waals surface area contributed by atoms with Crippen LogP contribution in [0.5, 0.6) is 5.88 Å². The number of aromatic nitrogens is 3. The molecular weight excluding hydrogens is 501 g/mol. The molecule has 0 aliphatic heterocycles. The van der Waals surface area contributed by atoms with Gasteiger partial charge in [0.1, 0.15) is 5.82 Å². The first-order chi connectivity index (χ1) is 18.0. The smallest absolute Gasteiger partial charge is 0.212 e. The second-order valence-corrected chi connectivity index (χ2v) is 9.61. The van der Waals surface area contributed by atoms with Crippen molar-refractivity contribution in [1.29, 1.82) is 0 Å². The van der Waals surface area contributed by atoms with Crippen molar-refractivity contribution < 1.29 is 4.74 Å². The van der Waals surface area contributed by atoms with Crippen LogP contribution >= 0.6 is 23.2 Å². The minimum absolute atomic E-state index is 0.576. The Labute approximate surface area is 226 Å². The van der Waals surface area contributed by atoms with Crippen LogP contribution in [-0.4, -0.2) is 21.6 Å². The van der Waals surface area contributed by atoms with E-state index in [-0.39, 0.29) is 0 Å². The monoisotopic (exact) mass is 525 g/mol. The molecule has 6 heteroatoms. The minimum atomic E-state index is 0.576. The fourth-order valence-corrected chi connectivity index (χ4v) is 4.54. The minimum Gasteiger partial charge on any atom is -0.481 e.